The van der Waals surface area contributed by atoms with Crippen LogP contribution >= 0.6 is 0 Å². The number of hydrazone groups is 1. The standard InChI is InChI=1S/C21H31N3O3/c1-9-21(8)17(26)24(18(27)23-21)22-12-13-10-14(19(2,3)4)16(25)15(11-13)20(5,6)7/h10-12,25H,9H2,1-8H3,(H,23,27)/b22-12-/t21-/m1/s1. The highest BCUT2D eigenvalue weighted by atomic mass is 16.3. The number of amides is 3. The van der Waals surface area contributed by atoms with Crippen LogP contribution in [0.1, 0.15) is 78.5 Å². The lowest BCUT2D eigenvalue weighted by Gasteiger charge is -2.27. The first-order valence-corrected chi connectivity index (χ1v) is 9.29. The van der Waals surface area contributed by atoms with E-state index in [-0.39, 0.29) is 22.5 Å². The average molecular weight is 373 g/mol. The largest absolute Gasteiger partial charge is 0.507 e. The molecule has 0 aliphatic carbocycles. The van der Waals surface area contributed by atoms with E-state index < -0.39 is 11.6 Å². The summed E-state index contributed by atoms with van der Waals surface area (Å²) in [5.41, 5.74) is 0.869. The molecule has 0 aromatic heterocycles. The molecule has 2 rings (SSSR count). The SMILES string of the molecule is CC[C@@]1(C)NC(=O)N(/N=C\c2cc(C(C)(C)C)c(O)c(C(C)(C)C)c2)C1=O. The number of urea groups is 1. The zero-order valence-corrected chi connectivity index (χ0v) is 17.6. The van der Waals surface area contributed by atoms with Crippen LogP contribution in [0.25, 0.3) is 0 Å². The smallest absolute Gasteiger partial charge is 0.346 e. The number of aromatic hydroxyl groups is 1. The molecule has 1 fully saturated rings. The predicted molar refractivity (Wildman–Crippen MR) is 107 cm³/mol. The van der Waals surface area contributed by atoms with Gasteiger partial charge in [-0.3, -0.25) is 4.79 Å². The molecule has 6 nitrogen and oxygen atoms in total. The Morgan fingerprint density at radius 1 is 1.11 bits per heavy atom. The molecule has 0 saturated carbocycles. The molecule has 0 bridgehead atoms. The number of hydrogen-bond acceptors (Lipinski definition) is 4. The second kappa shape index (κ2) is 6.66. The fourth-order valence-corrected chi connectivity index (χ4v) is 3.01. The summed E-state index contributed by atoms with van der Waals surface area (Å²) in [5, 5.41) is 18.5. The maximum absolute atomic E-state index is 12.5. The van der Waals surface area contributed by atoms with E-state index in [0.717, 1.165) is 21.7 Å². The third-order valence-electron chi connectivity index (χ3n) is 5.02. The highest BCUT2D eigenvalue weighted by molar-refractivity contribution is 6.07. The van der Waals surface area contributed by atoms with E-state index in [4.69, 9.17) is 0 Å². The Balaban J connectivity index is 2.49. The normalized spacial score (nSPS) is 21.3. The minimum Gasteiger partial charge on any atom is -0.507 e. The molecule has 1 aliphatic rings. The molecule has 1 aromatic carbocycles. The van der Waals surface area contributed by atoms with E-state index in [2.05, 4.69) is 10.4 Å². The summed E-state index contributed by atoms with van der Waals surface area (Å²) < 4.78 is 0. The van der Waals surface area contributed by atoms with Crippen molar-refractivity contribution in [2.75, 3.05) is 0 Å². The second-order valence-corrected chi connectivity index (χ2v) is 9.44. The number of carbonyl (C=O) groups is 2. The maximum Gasteiger partial charge on any atom is 0.346 e. The van der Waals surface area contributed by atoms with Gasteiger partial charge in [-0.05, 0) is 41.9 Å². The molecule has 0 spiro atoms. The van der Waals surface area contributed by atoms with Gasteiger partial charge in [-0.25, -0.2) is 4.79 Å². The van der Waals surface area contributed by atoms with Gasteiger partial charge in [-0.15, -0.1) is 5.01 Å². The van der Waals surface area contributed by atoms with Crippen LogP contribution in [0.15, 0.2) is 17.2 Å². The van der Waals surface area contributed by atoms with Crippen LogP contribution in [0.4, 0.5) is 4.79 Å². The van der Waals surface area contributed by atoms with Gasteiger partial charge >= 0.3 is 6.03 Å². The summed E-state index contributed by atoms with van der Waals surface area (Å²) in [6, 6.07) is 3.18. The van der Waals surface area contributed by atoms with Gasteiger partial charge in [0.25, 0.3) is 5.91 Å². The Hall–Kier alpha value is -2.37. The Morgan fingerprint density at radius 3 is 1.96 bits per heavy atom. The van der Waals surface area contributed by atoms with Crippen molar-refractivity contribution in [3.63, 3.8) is 0 Å². The number of hydrogen-bond donors (Lipinski definition) is 2. The zero-order valence-electron chi connectivity index (χ0n) is 17.6. The first-order chi connectivity index (χ1) is 12.2. The summed E-state index contributed by atoms with van der Waals surface area (Å²) in [7, 11) is 0. The number of phenols is 1. The summed E-state index contributed by atoms with van der Waals surface area (Å²) in [6.07, 6.45) is 1.99. The van der Waals surface area contributed by atoms with E-state index in [1.807, 2.05) is 60.6 Å². The van der Waals surface area contributed by atoms with Gasteiger partial charge in [-0.2, -0.15) is 5.10 Å². The summed E-state index contributed by atoms with van der Waals surface area (Å²) >= 11 is 0. The molecule has 27 heavy (non-hydrogen) atoms. The van der Waals surface area contributed by atoms with Crippen molar-refractivity contribution in [1.29, 1.82) is 0 Å². The van der Waals surface area contributed by atoms with E-state index in [1.165, 1.54) is 6.21 Å². The molecule has 0 radical (unpaired) electrons. The van der Waals surface area contributed by atoms with Crippen molar-refractivity contribution >= 4 is 18.2 Å². The number of carbonyl (C=O) groups excluding carboxylic acids is 2. The highest BCUT2D eigenvalue weighted by Gasteiger charge is 2.46. The lowest BCUT2D eigenvalue weighted by molar-refractivity contribution is -0.130. The number of imide groups is 1. The minimum atomic E-state index is -0.920. The van der Waals surface area contributed by atoms with Gasteiger partial charge in [0.15, 0.2) is 0 Å². The Kier molecular flexibility index (Phi) is 5.16. The van der Waals surface area contributed by atoms with E-state index >= 15 is 0 Å². The second-order valence-electron chi connectivity index (χ2n) is 9.44. The number of rotatable bonds is 3. The van der Waals surface area contributed by atoms with Gasteiger partial charge < -0.3 is 10.4 Å². The van der Waals surface area contributed by atoms with Crippen molar-refractivity contribution in [1.82, 2.24) is 10.3 Å². The average Bonchev–Trinajstić information content (AvgIpc) is 2.74. The first-order valence-electron chi connectivity index (χ1n) is 9.29. The van der Waals surface area contributed by atoms with Crippen LogP contribution in [0.3, 0.4) is 0 Å². The summed E-state index contributed by atoms with van der Waals surface area (Å²) in [4.78, 5) is 24.6. The number of nitrogens with one attached hydrogen (secondary N) is 1. The van der Waals surface area contributed by atoms with Crippen molar-refractivity contribution in [2.45, 2.75) is 78.2 Å². The lowest BCUT2D eigenvalue weighted by atomic mass is 9.78. The van der Waals surface area contributed by atoms with Crippen LogP contribution in [0, 0.1) is 0 Å². The van der Waals surface area contributed by atoms with Gasteiger partial charge in [0, 0.05) is 11.1 Å². The maximum atomic E-state index is 12.5. The highest BCUT2D eigenvalue weighted by Crippen LogP contribution is 2.39. The molecule has 148 valence electrons. The molecule has 1 aliphatic heterocycles. The van der Waals surface area contributed by atoms with Gasteiger partial charge in [0.2, 0.25) is 0 Å². The number of phenolic OH excluding ortho intramolecular Hbond substituents is 1. The van der Waals surface area contributed by atoms with Gasteiger partial charge in [-0.1, -0.05) is 48.5 Å². The number of nitrogens with zero attached hydrogens (tertiary/aromatic N) is 2. The third kappa shape index (κ3) is 3.99. The van der Waals surface area contributed by atoms with Crippen molar-refractivity contribution in [3.8, 4) is 5.75 Å². The minimum absolute atomic E-state index is 0.268. The summed E-state index contributed by atoms with van der Waals surface area (Å²) in [6.45, 7) is 15.7. The molecule has 3 amide bonds. The van der Waals surface area contributed by atoms with Crippen molar-refractivity contribution < 1.29 is 14.7 Å². The third-order valence-corrected chi connectivity index (χ3v) is 5.02. The molecule has 1 atom stereocenters. The molecule has 1 aromatic rings. The molecule has 1 saturated heterocycles. The van der Waals surface area contributed by atoms with Crippen LogP contribution in [0.2, 0.25) is 0 Å². The van der Waals surface area contributed by atoms with E-state index in [1.54, 1.807) is 6.92 Å². The van der Waals surface area contributed by atoms with Crippen LogP contribution in [-0.2, 0) is 15.6 Å². The van der Waals surface area contributed by atoms with Gasteiger partial charge in [0.05, 0.1) is 6.21 Å². The van der Waals surface area contributed by atoms with Crippen LogP contribution in [-0.4, -0.2) is 33.8 Å². The Labute approximate surface area is 161 Å². The monoisotopic (exact) mass is 373 g/mol. The van der Waals surface area contributed by atoms with Crippen LogP contribution in [0.5, 0.6) is 5.75 Å². The quantitative estimate of drug-likeness (QED) is 0.620. The molecule has 6 heteroatoms. The molecule has 2 N–H and O–H groups in total. The van der Waals surface area contributed by atoms with Crippen LogP contribution < -0.4 is 5.32 Å². The predicted octanol–water partition coefficient (Wildman–Crippen LogP) is 4.04. The molecule has 0 unspecified atom stereocenters. The first kappa shape index (κ1) is 20.9. The topological polar surface area (TPSA) is 82.0 Å². The summed E-state index contributed by atoms with van der Waals surface area (Å²) in [5.74, 6) is -0.0854. The fourth-order valence-electron chi connectivity index (χ4n) is 3.01. The van der Waals surface area contributed by atoms with Gasteiger partial charge in [0.1, 0.15) is 11.3 Å². The zero-order chi connectivity index (χ0) is 20.8. The Bertz CT molecular complexity index is 765. The molecular formula is C21H31N3O3. The lowest BCUT2D eigenvalue weighted by Crippen LogP contribution is -2.42. The van der Waals surface area contributed by atoms with Crippen molar-refractivity contribution in [3.05, 3.63) is 28.8 Å². The fraction of sp³-hybridized carbons (Fsp3) is 0.571. The van der Waals surface area contributed by atoms with E-state index in [0.29, 0.717) is 6.42 Å². The number of benzene rings is 1. The van der Waals surface area contributed by atoms with Crippen molar-refractivity contribution in [2.24, 2.45) is 5.10 Å². The van der Waals surface area contributed by atoms with E-state index in [9.17, 15) is 14.7 Å². The molecule has 1 heterocycles. The molecular weight excluding hydrogens is 342 g/mol. The Morgan fingerprint density at radius 2 is 1.59 bits per heavy atom.